The molecule has 8 nitrogen and oxygen atoms in total. The van der Waals surface area contributed by atoms with E-state index in [-0.39, 0.29) is 18.2 Å². The molecule has 0 bridgehead atoms. The third-order valence-electron chi connectivity index (χ3n) is 7.64. The normalized spacial score (nSPS) is 20.1. The largest absolute Gasteiger partial charge is 0.456 e. The number of aliphatic hydroxyl groups is 1. The van der Waals surface area contributed by atoms with Crippen molar-refractivity contribution in [3.05, 3.63) is 58.6 Å². The van der Waals surface area contributed by atoms with E-state index in [0.717, 1.165) is 62.5 Å². The van der Waals surface area contributed by atoms with Gasteiger partial charge in [-0.1, -0.05) is 29.8 Å². The Morgan fingerprint density at radius 2 is 1.59 bits per heavy atom. The summed E-state index contributed by atoms with van der Waals surface area (Å²) < 4.78 is 23.2. The van der Waals surface area contributed by atoms with E-state index in [1.54, 1.807) is 24.3 Å². The maximum Gasteiger partial charge on any atom is 0.453 e. The zero-order valence-corrected chi connectivity index (χ0v) is 23.0. The van der Waals surface area contributed by atoms with Gasteiger partial charge in [0, 0.05) is 17.6 Å². The van der Waals surface area contributed by atoms with Gasteiger partial charge in [0.1, 0.15) is 12.2 Å². The molecule has 0 unspecified atom stereocenters. The van der Waals surface area contributed by atoms with Gasteiger partial charge in [0.05, 0.1) is 6.10 Å². The summed E-state index contributed by atoms with van der Waals surface area (Å²) in [6.45, 7) is 2.37. The van der Waals surface area contributed by atoms with Crippen LogP contribution in [0.4, 0.5) is 0 Å². The first-order chi connectivity index (χ1) is 18.8. The average molecular weight is 558 g/mol. The summed E-state index contributed by atoms with van der Waals surface area (Å²) in [6.07, 6.45) is 6.35. The van der Waals surface area contributed by atoms with E-state index in [0.29, 0.717) is 29.5 Å². The highest BCUT2D eigenvalue weighted by Crippen LogP contribution is 2.42. The monoisotopic (exact) mass is 557 g/mol. The van der Waals surface area contributed by atoms with Crippen molar-refractivity contribution in [2.75, 3.05) is 6.54 Å². The van der Waals surface area contributed by atoms with E-state index in [1.807, 2.05) is 25.1 Å². The zero-order valence-electron chi connectivity index (χ0n) is 22.2. The van der Waals surface area contributed by atoms with Crippen molar-refractivity contribution in [3.63, 3.8) is 0 Å². The number of rotatable bonds is 10. The molecule has 39 heavy (non-hydrogen) atoms. The lowest BCUT2D eigenvalue weighted by atomic mass is 10.1. The van der Waals surface area contributed by atoms with Gasteiger partial charge in [0.15, 0.2) is 11.5 Å². The minimum absolute atomic E-state index is 0.0172. The van der Waals surface area contributed by atoms with Crippen LogP contribution in [0.2, 0.25) is 5.02 Å². The third-order valence-corrected chi connectivity index (χ3v) is 7.87. The van der Waals surface area contributed by atoms with E-state index in [2.05, 4.69) is 5.32 Å². The van der Waals surface area contributed by atoms with Crippen LogP contribution in [0.5, 0.6) is 11.5 Å². The average Bonchev–Trinajstić information content (AvgIpc) is 3.69. The number of aliphatic hydroxyl groups excluding tert-OH is 1. The summed E-state index contributed by atoms with van der Waals surface area (Å²) in [6, 6.07) is 12.5. The van der Waals surface area contributed by atoms with E-state index >= 15 is 0 Å². The van der Waals surface area contributed by atoms with Crippen LogP contribution in [0, 0.1) is 0 Å². The predicted octanol–water partition coefficient (Wildman–Crippen LogP) is 5.03. The Morgan fingerprint density at radius 3 is 2.21 bits per heavy atom. The number of carbonyl (C=O) groups is 2. The zero-order chi connectivity index (χ0) is 27.4. The minimum Gasteiger partial charge on any atom is -0.456 e. The van der Waals surface area contributed by atoms with Gasteiger partial charge in [-0.3, -0.25) is 0 Å². The number of benzene rings is 2. The van der Waals surface area contributed by atoms with Gasteiger partial charge < -0.3 is 29.4 Å². The smallest absolute Gasteiger partial charge is 0.453 e. The highest BCUT2D eigenvalue weighted by atomic mass is 35.5. The van der Waals surface area contributed by atoms with Crippen molar-refractivity contribution < 1.29 is 33.6 Å². The molecule has 0 radical (unpaired) electrons. The Labute approximate surface area is 233 Å². The summed E-state index contributed by atoms with van der Waals surface area (Å²) in [7, 11) is 0. The number of nitrogens with one attached hydrogen (secondary N) is 1. The van der Waals surface area contributed by atoms with Crippen molar-refractivity contribution in [3.8, 4) is 11.5 Å². The van der Waals surface area contributed by atoms with Crippen molar-refractivity contribution in [2.45, 2.75) is 94.9 Å². The summed E-state index contributed by atoms with van der Waals surface area (Å²) >= 11 is 6.04. The minimum atomic E-state index is -2.29. The Hall–Kier alpha value is -2.81. The summed E-state index contributed by atoms with van der Waals surface area (Å²) in [5, 5.41) is 14.4. The molecule has 1 aliphatic heterocycles. The van der Waals surface area contributed by atoms with Gasteiger partial charge in [-0.05, 0) is 100 Å². The van der Waals surface area contributed by atoms with Gasteiger partial charge in [-0.25, -0.2) is 9.59 Å². The molecule has 9 heteroatoms. The molecule has 210 valence electrons. The van der Waals surface area contributed by atoms with E-state index in [1.165, 1.54) is 0 Å². The molecule has 2 aromatic carbocycles. The van der Waals surface area contributed by atoms with E-state index in [9.17, 15) is 14.7 Å². The fourth-order valence-electron chi connectivity index (χ4n) is 5.46. The quantitative estimate of drug-likeness (QED) is 0.309. The lowest BCUT2D eigenvalue weighted by Gasteiger charge is -2.26. The van der Waals surface area contributed by atoms with Crippen molar-refractivity contribution in [1.29, 1.82) is 0 Å². The van der Waals surface area contributed by atoms with Crippen LogP contribution < -0.4 is 14.8 Å². The lowest BCUT2D eigenvalue weighted by molar-refractivity contribution is -0.208. The first kappa shape index (κ1) is 27.7. The second-order valence-electron chi connectivity index (χ2n) is 10.8. The first-order valence-electron chi connectivity index (χ1n) is 13.9. The summed E-state index contributed by atoms with van der Waals surface area (Å²) in [4.78, 5) is 26.7. The number of esters is 2. The Kier molecular flexibility index (Phi) is 8.64. The number of hydrogen-bond donors (Lipinski definition) is 2. The molecule has 0 aromatic heterocycles. The number of hydrogen-bond acceptors (Lipinski definition) is 8. The highest BCUT2D eigenvalue weighted by molar-refractivity contribution is 6.30. The van der Waals surface area contributed by atoms with Crippen molar-refractivity contribution >= 4 is 23.5 Å². The number of fused-ring (bicyclic) bond motifs is 1. The summed E-state index contributed by atoms with van der Waals surface area (Å²) in [5.41, 5.74) is 1.66. The Morgan fingerprint density at radius 1 is 0.974 bits per heavy atom. The van der Waals surface area contributed by atoms with Gasteiger partial charge >= 0.3 is 17.7 Å². The molecular formula is C30H36ClNO7. The van der Waals surface area contributed by atoms with E-state index < -0.39 is 23.8 Å². The number of carbonyl (C=O) groups excluding carboxylic acids is 2. The van der Waals surface area contributed by atoms with Crippen LogP contribution >= 0.6 is 11.6 Å². The topological polar surface area (TPSA) is 103 Å². The van der Waals surface area contributed by atoms with Crippen LogP contribution in [-0.2, 0) is 25.5 Å². The van der Waals surface area contributed by atoms with Gasteiger partial charge in [-0.15, -0.1) is 0 Å². The standard InChI is InChI=1S/C30H36ClNO7/c1-19(32-18-25(33)21-7-6-8-22(31)17-21)15-20-13-14-26-27(16-20)39-30(38-26,28(34)36-23-9-2-3-10-23)29(35)37-24-11-4-5-12-24/h6-8,13-14,16-17,19,23-25,32-33H,2-5,9-12,15,18H2,1H3/t19-,25+/m1/s1. The maximum atomic E-state index is 13.3. The lowest BCUT2D eigenvalue weighted by Crippen LogP contribution is -2.57. The highest BCUT2D eigenvalue weighted by Gasteiger charge is 2.60. The first-order valence-corrected chi connectivity index (χ1v) is 14.3. The second-order valence-corrected chi connectivity index (χ2v) is 11.2. The molecule has 1 heterocycles. The molecule has 2 aromatic rings. The Balaban J connectivity index is 1.25. The molecule has 0 spiro atoms. The predicted molar refractivity (Wildman–Crippen MR) is 145 cm³/mol. The molecule has 5 rings (SSSR count). The van der Waals surface area contributed by atoms with Crippen LogP contribution in [-0.4, -0.2) is 47.6 Å². The van der Waals surface area contributed by atoms with Crippen LogP contribution in [0.1, 0.15) is 75.5 Å². The van der Waals surface area contributed by atoms with Crippen molar-refractivity contribution in [2.24, 2.45) is 0 Å². The van der Waals surface area contributed by atoms with E-state index in [4.69, 9.17) is 30.5 Å². The fraction of sp³-hybridized carbons (Fsp3) is 0.533. The molecule has 2 fully saturated rings. The second kappa shape index (κ2) is 12.1. The summed E-state index contributed by atoms with van der Waals surface area (Å²) in [5.74, 6) is -3.43. The Bertz CT molecular complexity index is 1150. The molecular weight excluding hydrogens is 522 g/mol. The molecule has 2 atom stereocenters. The van der Waals surface area contributed by atoms with Gasteiger partial charge in [-0.2, -0.15) is 0 Å². The van der Waals surface area contributed by atoms with Gasteiger partial charge in [0.2, 0.25) is 0 Å². The van der Waals surface area contributed by atoms with Crippen LogP contribution in [0.3, 0.4) is 0 Å². The molecule has 3 aliphatic rings. The fourth-order valence-corrected chi connectivity index (χ4v) is 5.66. The molecule has 2 saturated carbocycles. The SMILES string of the molecule is C[C@H](Cc1ccc2c(c1)OC(C(=O)OC1CCCC1)(C(=O)OC1CCCC1)O2)NC[C@H](O)c1cccc(Cl)c1. The van der Waals surface area contributed by atoms with Gasteiger partial charge in [0.25, 0.3) is 0 Å². The van der Waals surface area contributed by atoms with Crippen LogP contribution in [0.25, 0.3) is 0 Å². The maximum absolute atomic E-state index is 13.3. The molecule has 2 N–H and O–H groups in total. The molecule has 2 aliphatic carbocycles. The number of ether oxygens (including phenoxy) is 4. The third kappa shape index (κ3) is 6.51. The molecule has 0 amide bonds. The molecule has 0 saturated heterocycles. The van der Waals surface area contributed by atoms with Crippen molar-refractivity contribution in [1.82, 2.24) is 5.32 Å². The number of halogens is 1. The van der Waals surface area contributed by atoms with Crippen LogP contribution in [0.15, 0.2) is 42.5 Å².